The van der Waals surface area contributed by atoms with Crippen LogP contribution in [-0.2, 0) is 4.79 Å². The van der Waals surface area contributed by atoms with Crippen LogP contribution in [0.4, 0.5) is 0 Å². The molecule has 1 fully saturated rings. The minimum Gasteiger partial charge on any atom is -0.342 e. The van der Waals surface area contributed by atoms with Crippen LogP contribution in [0.3, 0.4) is 0 Å². The number of aryl methyl sites for hydroxylation is 1. The van der Waals surface area contributed by atoms with Gasteiger partial charge in [0.15, 0.2) is 5.82 Å². The first-order chi connectivity index (χ1) is 9.63. The van der Waals surface area contributed by atoms with E-state index in [4.69, 9.17) is 4.52 Å². The molecule has 0 radical (unpaired) electrons. The van der Waals surface area contributed by atoms with Gasteiger partial charge < -0.3 is 9.42 Å². The first kappa shape index (κ1) is 15.0. The van der Waals surface area contributed by atoms with Crippen molar-refractivity contribution in [3.63, 3.8) is 0 Å². The molecule has 6 nitrogen and oxygen atoms in total. The van der Waals surface area contributed by atoms with Crippen LogP contribution in [0.1, 0.15) is 44.3 Å². The van der Waals surface area contributed by atoms with Crippen LogP contribution in [0.25, 0.3) is 0 Å². The summed E-state index contributed by atoms with van der Waals surface area (Å²) in [4.78, 5) is 20.5. The largest absolute Gasteiger partial charge is 0.342 e. The van der Waals surface area contributed by atoms with Gasteiger partial charge >= 0.3 is 0 Å². The Kier molecular flexibility index (Phi) is 5.11. The molecular formula is C14H24N4O2. The number of rotatable bonds is 5. The van der Waals surface area contributed by atoms with E-state index < -0.39 is 0 Å². The van der Waals surface area contributed by atoms with Crippen LogP contribution < -0.4 is 0 Å². The van der Waals surface area contributed by atoms with E-state index in [-0.39, 0.29) is 11.8 Å². The summed E-state index contributed by atoms with van der Waals surface area (Å²) in [6.45, 7) is 9.70. The Morgan fingerprint density at radius 1 is 1.45 bits per heavy atom. The molecule has 1 aliphatic heterocycles. The second-order valence-electron chi connectivity index (χ2n) is 5.32. The average Bonchev–Trinajstić information content (AvgIpc) is 2.87. The smallest absolute Gasteiger partial charge is 0.236 e. The third kappa shape index (κ3) is 3.56. The maximum Gasteiger partial charge on any atom is 0.236 e. The van der Waals surface area contributed by atoms with Crippen molar-refractivity contribution in [1.82, 2.24) is 19.9 Å². The van der Waals surface area contributed by atoms with E-state index >= 15 is 0 Å². The second-order valence-corrected chi connectivity index (χ2v) is 5.32. The fourth-order valence-electron chi connectivity index (χ4n) is 2.75. The highest BCUT2D eigenvalue weighted by Gasteiger charge is 2.27. The summed E-state index contributed by atoms with van der Waals surface area (Å²) in [6, 6.07) is 0. The predicted molar refractivity (Wildman–Crippen MR) is 75.4 cm³/mol. The molecule has 1 aromatic heterocycles. The zero-order chi connectivity index (χ0) is 14.5. The molecule has 0 aromatic carbocycles. The van der Waals surface area contributed by atoms with Crippen molar-refractivity contribution >= 4 is 5.91 Å². The van der Waals surface area contributed by atoms with Crippen LogP contribution >= 0.6 is 0 Å². The molecule has 1 saturated heterocycles. The molecule has 0 N–H and O–H groups in total. The average molecular weight is 280 g/mol. The Morgan fingerprint density at radius 2 is 2.20 bits per heavy atom. The Morgan fingerprint density at radius 3 is 2.80 bits per heavy atom. The highest BCUT2D eigenvalue weighted by atomic mass is 16.5. The second kappa shape index (κ2) is 6.83. The highest BCUT2D eigenvalue weighted by molar-refractivity contribution is 5.78. The topological polar surface area (TPSA) is 62.5 Å². The zero-order valence-electron chi connectivity index (χ0n) is 12.6. The van der Waals surface area contributed by atoms with Crippen LogP contribution in [0, 0.1) is 6.92 Å². The van der Waals surface area contributed by atoms with E-state index in [0.29, 0.717) is 18.3 Å². The van der Waals surface area contributed by atoms with E-state index in [1.165, 1.54) is 0 Å². The lowest BCUT2D eigenvalue weighted by atomic mass is 9.98. The van der Waals surface area contributed by atoms with Crippen molar-refractivity contribution in [2.75, 3.05) is 32.7 Å². The van der Waals surface area contributed by atoms with Gasteiger partial charge in [-0.2, -0.15) is 4.98 Å². The lowest BCUT2D eigenvalue weighted by Crippen LogP contribution is -2.43. The number of carbonyl (C=O) groups is 1. The molecule has 0 aliphatic carbocycles. The molecule has 1 unspecified atom stereocenters. The summed E-state index contributed by atoms with van der Waals surface area (Å²) in [5.41, 5.74) is 0. The van der Waals surface area contributed by atoms with Gasteiger partial charge in [-0.25, -0.2) is 0 Å². The van der Waals surface area contributed by atoms with E-state index in [1.807, 2.05) is 25.7 Å². The van der Waals surface area contributed by atoms with E-state index in [0.717, 1.165) is 39.0 Å². The predicted octanol–water partition coefficient (Wildman–Crippen LogP) is 1.43. The molecule has 0 spiro atoms. The van der Waals surface area contributed by atoms with Crippen molar-refractivity contribution < 1.29 is 9.32 Å². The molecule has 112 valence electrons. The fraction of sp³-hybridized carbons (Fsp3) is 0.786. The number of carbonyl (C=O) groups excluding carboxylic acids is 1. The quantitative estimate of drug-likeness (QED) is 0.816. The molecule has 6 heteroatoms. The highest BCUT2D eigenvalue weighted by Crippen LogP contribution is 2.25. The van der Waals surface area contributed by atoms with Gasteiger partial charge in [-0.3, -0.25) is 9.69 Å². The van der Waals surface area contributed by atoms with Gasteiger partial charge in [0, 0.05) is 19.6 Å². The third-order valence-corrected chi connectivity index (χ3v) is 3.87. The minimum atomic E-state index is 0.206. The monoisotopic (exact) mass is 280 g/mol. The summed E-state index contributed by atoms with van der Waals surface area (Å²) < 4.78 is 5.26. The fourth-order valence-corrected chi connectivity index (χ4v) is 2.75. The van der Waals surface area contributed by atoms with Crippen LogP contribution in [0.15, 0.2) is 4.52 Å². The summed E-state index contributed by atoms with van der Waals surface area (Å²) in [6.07, 6.45) is 2.12. The molecule has 1 atom stereocenters. The van der Waals surface area contributed by atoms with Gasteiger partial charge in [0.1, 0.15) is 0 Å². The van der Waals surface area contributed by atoms with E-state index in [9.17, 15) is 4.79 Å². The third-order valence-electron chi connectivity index (χ3n) is 3.87. The molecule has 2 rings (SSSR count). The van der Waals surface area contributed by atoms with Crippen molar-refractivity contribution in [1.29, 1.82) is 0 Å². The molecule has 0 bridgehead atoms. The molecule has 1 amide bonds. The van der Waals surface area contributed by atoms with Crippen molar-refractivity contribution in [3.8, 4) is 0 Å². The molecule has 0 saturated carbocycles. The van der Waals surface area contributed by atoms with Crippen molar-refractivity contribution in [3.05, 3.63) is 11.7 Å². The lowest BCUT2D eigenvalue weighted by molar-refractivity contribution is -0.132. The van der Waals surface area contributed by atoms with Gasteiger partial charge in [-0.05, 0) is 40.2 Å². The number of hydrogen-bond donors (Lipinski definition) is 0. The summed E-state index contributed by atoms with van der Waals surface area (Å²) in [7, 11) is 0. The first-order valence-corrected chi connectivity index (χ1v) is 7.44. The molecule has 20 heavy (non-hydrogen) atoms. The lowest BCUT2D eigenvalue weighted by Gasteiger charge is -2.32. The van der Waals surface area contributed by atoms with Crippen LogP contribution in [0.2, 0.25) is 0 Å². The number of nitrogens with zero attached hydrogens (tertiary/aromatic N) is 4. The van der Waals surface area contributed by atoms with Crippen molar-refractivity contribution in [2.24, 2.45) is 0 Å². The van der Waals surface area contributed by atoms with Crippen LogP contribution in [0.5, 0.6) is 0 Å². The Labute approximate surface area is 120 Å². The number of likely N-dealkylation sites (N-methyl/N-ethyl adjacent to an activating group) is 1. The van der Waals surface area contributed by atoms with E-state index in [2.05, 4.69) is 15.0 Å². The molecule has 1 aliphatic rings. The van der Waals surface area contributed by atoms with Crippen LogP contribution in [-0.4, -0.2) is 58.6 Å². The maximum absolute atomic E-state index is 12.2. The molecule has 1 aromatic rings. The number of likely N-dealkylation sites (tertiary alicyclic amines) is 1. The first-order valence-electron chi connectivity index (χ1n) is 7.44. The Balaban J connectivity index is 1.92. The summed E-state index contributed by atoms with van der Waals surface area (Å²) in [5, 5.41) is 3.85. The molecular weight excluding hydrogens is 256 g/mol. The summed E-state index contributed by atoms with van der Waals surface area (Å²) in [5.74, 6) is 1.85. The SMILES string of the molecule is CCN(CC)C(=O)CN1CCCC(c2nc(C)no2)C1. The van der Waals surface area contributed by atoms with Gasteiger partial charge in [0.25, 0.3) is 0 Å². The zero-order valence-corrected chi connectivity index (χ0v) is 12.6. The maximum atomic E-state index is 12.2. The number of hydrogen-bond acceptors (Lipinski definition) is 5. The normalized spacial score (nSPS) is 20.1. The number of aromatic nitrogens is 2. The minimum absolute atomic E-state index is 0.206. The number of amides is 1. The molecule has 2 heterocycles. The standard InChI is InChI=1S/C14H24N4O2/c1-4-18(5-2)13(19)10-17-8-6-7-12(9-17)14-15-11(3)16-20-14/h12H,4-10H2,1-3H3. The number of piperidine rings is 1. The van der Waals surface area contributed by atoms with Gasteiger partial charge in [-0.15, -0.1) is 0 Å². The Hall–Kier alpha value is -1.43. The van der Waals surface area contributed by atoms with Gasteiger partial charge in [0.2, 0.25) is 11.8 Å². The Bertz CT molecular complexity index is 442. The van der Waals surface area contributed by atoms with Gasteiger partial charge in [0.05, 0.1) is 12.5 Å². The van der Waals surface area contributed by atoms with Gasteiger partial charge in [-0.1, -0.05) is 5.16 Å². The van der Waals surface area contributed by atoms with Crippen molar-refractivity contribution in [2.45, 2.75) is 39.5 Å². The van der Waals surface area contributed by atoms with E-state index in [1.54, 1.807) is 0 Å². The summed E-state index contributed by atoms with van der Waals surface area (Å²) >= 11 is 0.